The smallest absolute Gasteiger partial charge is 0.267 e. The lowest BCUT2D eigenvalue weighted by atomic mass is 9.90. The monoisotopic (exact) mass is 374 g/mol. The van der Waals surface area contributed by atoms with E-state index in [4.69, 9.17) is 0 Å². The largest absolute Gasteiger partial charge is 0.279 e. The van der Waals surface area contributed by atoms with Crippen molar-refractivity contribution in [3.63, 3.8) is 0 Å². The Labute approximate surface area is 156 Å². The average Bonchev–Trinajstić information content (AvgIpc) is 3.03. The van der Waals surface area contributed by atoms with Crippen LogP contribution >= 0.6 is 23.1 Å². The molecular weight excluding hydrogens is 352 g/mol. The summed E-state index contributed by atoms with van der Waals surface area (Å²) in [5.41, 5.74) is 7.97. The van der Waals surface area contributed by atoms with Gasteiger partial charge in [-0.2, -0.15) is 11.8 Å². The molecule has 0 bridgehead atoms. The summed E-state index contributed by atoms with van der Waals surface area (Å²) in [6.45, 7) is 2.24. The van der Waals surface area contributed by atoms with Gasteiger partial charge in [-0.15, -0.1) is 11.3 Å². The van der Waals surface area contributed by atoms with Crippen molar-refractivity contribution in [2.45, 2.75) is 31.9 Å². The molecule has 4 nitrogen and oxygen atoms in total. The molecule has 6 heteroatoms. The van der Waals surface area contributed by atoms with Crippen LogP contribution in [0.3, 0.4) is 0 Å². The SMILES string of the molecule is CSCc1cccc(C(=O)NNC(=O)c2cc3c(s2)CC[C@H](C)C3)c1. The lowest BCUT2D eigenvalue weighted by molar-refractivity contribution is 0.0849. The van der Waals surface area contributed by atoms with Gasteiger partial charge in [0, 0.05) is 16.2 Å². The molecule has 0 radical (unpaired) electrons. The second-order valence-corrected chi connectivity index (χ2v) is 8.45. The number of carbonyl (C=O) groups excluding carboxylic acids is 2. The number of amides is 2. The number of hydrogen-bond donors (Lipinski definition) is 2. The highest BCUT2D eigenvalue weighted by molar-refractivity contribution is 7.97. The normalized spacial score (nSPS) is 16.2. The Morgan fingerprint density at radius 3 is 2.84 bits per heavy atom. The zero-order chi connectivity index (χ0) is 17.8. The minimum atomic E-state index is -0.300. The van der Waals surface area contributed by atoms with Gasteiger partial charge in [0.1, 0.15) is 0 Å². The molecule has 1 atom stereocenters. The molecule has 132 valence electrons. The van der Waals surface area contributed by atoms with Crippen LogP contribution in [-0.2, 0) is 18.6 Å². The van der Waals surface area contributed by atoms with E-state index in [1.807, 2.05) is 30.5 Å². The van der Waals surface area contributed by atoms with Crippen molar-refractivity contribution in [2.24, 2.45) is 5.92 Å². The highest BCUT2D eigenvalue weighted by Crippen LogP contribution is 2.32. The molecule has 1 aromatic heterocycles. The van der Waals surface area contributed by atoms with Crippen molar-refractivity contribution < 1.29 is 9.59 Å². The number of thioether (sulfide) groups is 1. The third-order valence-corrected chi connectivity index (χ3v) is 6.20. The summed E-state index contributed by atoms with van der Waals surface area (Å²) in [6.07, 6.45) is 5.28. The Bertz CT molecular complexity index is 785. The first-order valence-corrected chi connectivity index (χ1v) is 10.6. The average molecular weight is 375 g/mol. The van der Waals surface area contributed by atoms with Gasteiger partial charge in [0.2, 0.25) is 0 Å². The first-order chi connectivity index (χ1) is 12.1. The fourth-order valence-electron chi connectivity index (χ4n) is 3.03. The number of nitrogens with one attached hydrogen (secondary N) is 2. The zero-order valence-corrected chi connectivity index (χ0v) is 16.1. The van der Waals surface area contributed by atoms with Crippen molar-refractivity contribution in [2.75, 3.05) is 6.26 Å². The van der Waals surface area contributed by atoms with Crippen LogP contribution in [0.15, 0.2) is 30.3 Å². The lowest BCUT2D eigenvalue weighted by Gasteiger charge is -2.16. The Kier molecular flexibility index (Phi) is 5.81. The van der Waals surface area contributed by atoms with Crippen LogP contribution in [0.5, 0.6) is 0 Å². The summed E-state index contributed by atoms with van der Waals surface area (Å²) in [5.74, 6) is 0.977. The third-order valence-electron chi connectivity index (χ3n) is 4.34. The third kappa shape index (κ3) is 4.44. The van der Waals surface area contributed by atoms with Crippen LogP contribution in [0.2, 0.25) is 0 Å². The van der Waals surface area contributed by atoms with E-state index in [2.05, 4.69) is 17.8 Å². The first-order valence-electron chi connectivity index (χ1n) is 8.37. The number of rotatable bonds is 4. The van der Waals surface area contributed by atoms with E-state index < -0.39 is 0 Å². The van der Waals surface area contributed by atoms with E-state index in [0.29, 0.717) is 16.4 Å². The highest BCUT2D eigenvalue weighted by atomic mass is 32.2. The summed E-state index contributed by atoms with van der Waals surface area (Å²) in [4.78, 5) is 26.5. The van der Waals surface area contributed by atoms with Crippen molar-refractivity contribution in [3.05, 3.63) is 56.8 Å². The Morgan fingerprint density at radius 2 is 2.04 bits per heavy atom. The number of benzene rings is 1. The van der Waals surface area contributed by atoms with Crippen molar-refractivity contribution in [1.29, 1.82) is 0 Å². The maximum absolute atomic E-state index is 12.3. The van der Waals surface area contributed by atoms with Gasteiger partial charge in [-0.05, 0) is 60.8 Å². The maximum atomic E-state index is 12.3. The van der Waals surface area contributed by atoms with Crippen LogP contribution in [-0.4, -0.2) is 18.1 Å². The molecule has 1 heterocycles. The number of carbonyl (C=O) groups is 2. The van der Waals surface area contributed by atoms with Crippen molar-refractivity contribution >= 4 is 34.9 Å². The minimum absolute atomic E-state index is 0.249. The summed E-state index contributed by atoms with van der Waals surface area (Å²) < 4.78 is 0. The van der Waals surface area contributed by atoms with Crippen LogP contribution in [0, 0.1) is 5.92 Å². The maximum Gasteiger partial charge on any atom is 0.279 e. The van der Waals surface area contributed by atoms with E-state index in [9.17, 15) is 9.59 Å². The number of aryl methyl sites for hydroxylation is 1. The molecule has 0 aliphatic heterocycles. The van der Waals surface area contributed by atoms with Crippen LogP contribution < -0.4 is 10.9 Å². The Morgan fingerprint density at radius 1 is 1.24 bits per heavy atom. The minimum Gasteiger partial charge on any atom is -0.267 e. The number of hydrazine groups is 1. The molecule has 0 unspecified atom stereocenters. The zero-order valence-electron chi connectivity index (χ0n) is 14.4. The predicted octanol–water partition coefficient (Wildman–Crippen LogP) is 3.81. The van der Waals surface area contributed by atoms with E-state index in [1.165, 1.54) is 28.2 Å². The lowest BCUT2D eigenvalue weighted by Crippen LogP contribution is -2.41. The molecule has 3 rings (SSSR count). The molecule has 2 aromatic rings. The van der Waals surface area contributed by atoms with E-state index in [-0.39, 0.29) is 11.8 Å². The van der Waals surface area contributed by atoms with Crippen LogP contribution in [0.1, 0.15) is 49.4 Å². The second-order valence-electron chi connectivity index (χ2n) is 6.45. The molecule has 1 aromatic carbocycles. The van der Waals surface area contributed by atoms with Gasteiger partial charge in [0.25, 0.3) is 11.8 Å². The summed E-state index contributed by atoms with van der Waals surface area (Å²) >= 11 is 3.24. The topological polar surface area (TPSA) is 58.2 Å². The Balaban J connectivity index is 1.60. The van der Waals surface area contributed by atoms with Crippen LogP contribution in [0.4, 0.5) is 0 Å². The van der Waals surface area contributed by atoms with Gasteiger partial charge in [0.05, 0.1) is 4.88 Å². The second kappa shape index (κ2) is 8.06. The van der Waals surface area contributed by atoms with E-state index in [0.717, 1.165) is 24.2 Å². The molecule has 0 saturated carbocycles. The molecule has 25 heavy (non-hydrogen) atoms. The Hall–Kier alpha value is -1.79. The quantitative estimate of drug-likeness (QED) is 0.800. The molecule has 1 aliphatic carbocycles. The molecule has 0 spiro atoms. The number of thiophene rings is 1. The van der Waals surface area contributed by atoms with Crippen molar-refractivity contribution in [3.8, 4) is 0 Å². The highest BCUT2D eigenvalue weighted by Gasteiger charge is 2.21. The van der Waals surface area contributed by atoms with Gasteiger partial charge < -0.3 is 0 Å². The number of hydrogen-bond acceptors (Lipinski definition) is 4. The van der Waals surface area contributed by atoms with Gasteiger partial charge in [0.15, 0.2) is 0 Å². The molecule has 1 aliphatic rings. The van der Waals surface area contributed by atoms with Crippen molar-refractivity contribution in [1.82, 2.24) is 10.9 Å². The summed E-state index contributed by atoms with van der Waals surface area (Å²) in [6, 6.07) is 9.41. The van der Waals surface area contributed by atoms with Gasteiger partial charge in [-0.3, -0.25) is 20.4 Å². The summed E-state index contributed by atoms with van der Waals surface area (Å²) in [7, 11) is 0. The van der Waals surface area contributed by atoms with Gasteiger partial charge >= 0.3 is 0 Å². The standard InChI is InChI=1S/C19H22N2O2S2/c1-12-6-7-16-15(8-12)10-17(25-16)19(23)21-20-18(22)14-5-3-4-13(9-14)11-24-2/h3-5,9-10,12H,6-8,11H2,1-2H3,(H,20,22)(H,21,23)/t12-/m0/s1. The molecule has 2 amide bonds. The molecule has 2 N–H and O–H groups in total. The fourth-order valence-corrected chi connectivity index (χ4v) is 4.65. The number of fused-ring (bicyclic) bond motifs is 1. The van der Waals surface area contributed by atoms with E-state index >= 15 is 0 Å². The fraction of sp³-hybridized carbons (Fsp3) is 0.368. The van der Waals surface area contributed by atoms with Gasteiger partial charge in [-0.25, -0.2) is 0 Å². The molecular formula is C19H22N2O2S2. The van der Waals surface area contributed by atoms with E-state index in [1.54, 1.807) is 17.8 Å². The first kappa shape index (κ1) is 18.0. The van der Waals surface area contributed by atoms with Gasteiger partial charge in [-0.1, -0.05) is 19.1 Å². The summed E-state index contributed by atoms with van der Waals surface area (Å²) in [5, 5.41) is 0. The molecule has 0 saturated heterocycles. The predicted molar refractivity (Wildman–Crippen MR) is 104 cm³/mol. The molecule has 0 fully saturated rings. The van der Waals surface area contributed by atoms with Crippen LogP contribution in [0.25, 0.3) is 0 Å².